The molecule has 7 heteroatoms. The van der Waals surface area contributed by atoms with Crippen LogP contribution in [-0.2, 0) is 12.8 Å². The average molecular weight is 367 g/mol. The molecule has 3 aromatic rings. The molecule has 0 fully saturated rings. The molecule has 0 spiro atoms. The van der Waals surface area contributed by atoms with Crippen LogP contribution in [0.5, 0.6) is 5.75 Å². The molecule has 0 amide bonds. The Morgan fingerprint density at radius 1 is 0.963 bits per heavy atom. The maximum absolute atomic E-state index is 12.9. The van der Waals surface area contributed by atoms with E-state index in [1.54, 1.807) is 25.4 Å². The molecule has 3 rings (SSSR count). The Morgan fingerprint density at radius 3 is 2.56 bits per heavy atom. The van der Waals surface area contributed by atoms with Gasteiger partial charge in [0.15, 0.2) is 5.82 Å². The van der Waals surface area contributed by atoms with Gasteiger partial charge in [-0.05, 0) is 42.2 Å². The van der Waals surface area contributed by atoms with E-state index in [1.165, 1.54) is 12.1 Å². The van der Waals surface area contributed by atoms with Crippen molar-refractivity contribution in [2.75, 3.05) is 30.8 Å². The minimum atomic E-state index is -0.230. The van der Waals surface area contributed by atoms with E-state index in [4.69, 9.17) is 4.74 Å². The number of hydrogen-bond donors (Lipinski definition) is 2. The first-order valence-corrected chi connectivity index (χ1v) is 8.78. The van der Waals surface area contributed by atoms with Gasteiger partial charge in [0, 0.05) is 13.1 Å². The monoisotopic (exact) mass is 367 g/mol. The summed E-state index contributed by atoms with van der Waals surface area (Å²) in [5.41, 5.74) is 2.18. The van der Waals surface area contributed by atoms with Gasteiger partial charge in [-0.1, -0.05) is 30.3 Å². The van der Waals surface area contributed by atoms with Gasteiger partial charge in [0.2, 0.25) is 5.95 Å². The molecule has 140 valence electrons. The van der Waals surface area contributed by atoms with Crippen molar-refractivity contribution >= 4 is 11.8 Å². The second-order valence-electron chi connectivity index (χ2n) is 5.96. The van der Waals surface area contributed by atoms with Crippen molar-refractivity contribution in [3.63, 3.8) is 0 Å². The smallest absolute Gasteiger partial charge is 0.244 e. The Morgan fingerprint density at radius 2 is 1.74 bits per heavy atom. The normalized spacial score (nSPS) is 10.4. The first-order chi connectivity index (χ1) is 13.2. The SMILES string of the molecule is COc1ccccc1CCNc1cnnc(NCCc2ccc(F)cc2)n1. The number of ether oxygens (including phenoxy) is 1. The van der Waals surface area contributed by atoms with E-state index in [-0.39, 0.29) is 5.82 Å². The standard InChI is InChI=1S/C20H22FN5O/c1-27-18-5-3-2-4-16(18)11-13-22-19-14-24-26-20(25-19)23-12-10-15-6-8-17(21)9-7-15/h2-9,14H,10-13H2,1H3,(H2,22,23,25,26). The molecular formula is C20H22FN5O. The van der Waals surface area contributed by atoms with Crippen LogP contribution < -0.4 is 15.4 Å². The molecule has 1 aromatic heterocycles. The molecule has 0 radical (unpaired) electrons. The highest BCUT2D eigenvalue weighted by Crippen LogP contribution is 2.17. The Labute approximate surface area is 157 Å². The molecule has 0 saturated heterocycles. The zero-order chi connectivity index (χ0) is 18.9. The van der Waals surface area contributed by atoms with Crippen LogP contribution >= 0.6 is 0 Å². The number of para-hydroxylation sites is 1. The summed E-state index contributed by atoms with van der Waals surface area (Å²) in [6, 6.07) is 14.4. The second-order valence-corrected chi connectivity index (χ2v) is 5.96. The number of nitrogens with one attached hydrogen (secondary N) is 2. The van der Waals surface area contributed by atoms with Crippen molar-refractivity contribution in [2.24, 2.45) is 0 Å². The molecular weight excluding hydrogens is 345 g/mol. The molecule has 0 aliphatic rings. The van der Waals surface area contributed by atoms with Gasteiger partial charge in [0.05, 0.1) is 13.3 Å². The van der Waals surface area contributed by atoms with E-state index in [1.807, 2.05) is 24.3 Å². The Balaban J connectivity index is 1.47. The average Bonchev–Trinajstić information content (AvgIpc) is 2.70. The lowest BCUT2D eigenvalue weighted by Crippen LogP contribution is -2.12. The van der Waals surface area contributed by atoms with Crippen molar-refractivity contribution in [3.05, 3.63) is 71.7 Å². The van der Waals surface area contributed by atoms with E-state index in [0.717, 1.165) is 29.7 Å². The molecule has 27 heavy (non-hydrogen) atoms. The first-order valence-electron chi connectivity index (χ1n) is 8.78. The van der Waals surface area contributed by atoms with Gasteiger partial charge in [-0.2, -0.15) is 10.1 Å². The highest BCUT2D eigenvalue weighted by molar-refractivity contribution is 5.38. The minimum absolute atomic E-state index is 0.230. The number of benzene rings is 2. The Hall–Kier alpha value is -3.22. The summed E-state index contributed by atoms with van der Waals surface area (Å²) in [4.78, 5) is 4.40. The van der Waals surface area contributed by atoms with Crippen LogP contribution in [0.3, 0.4) is 0 Å². The van der Waals surface area contributed by atoms with Gasteiger partial charge >= 0.3 is 0 Å². The Bertz CT molecular complexity index is 857. The zero-order valence-electron chi connectivity index (χ0n) is 15.2. The molecule has 2 aromatic carbocycles. The molecule has 1 heterocycles. The minimum Gasteiger partial charge on any atom is -0.496 e. The summed E-state index contributed by atoms with van der Waals surface area (Å²) >= 11 is 0. The fraction of sp³-hybridized carbons (Fsp3) is 0.250. The number of aromatic nitrogens is 3. The lowest BCUT2D eigenvalue weighted by molar-refractivity contribution is 0.410. The number of nitrogens with zero attached hydrogens (tertiary/aromatic N) is 3. The van der Waals surface area contributed by atoms with Gasteiger partial charge in [0.1, 0.15) is 11.6 Å². The number of hydrogen-bond acceptors (Lipinski definition) is 6. The van der Waals surface area contributed by atoms with Crippen LogP contribution in [0.15, 0.2) is 54.7 Å². The first kappa shape index (κ1) is 18.6. The topological polar surface area (TPSA) is 72.0 Å². The molecule has 0 saturated carbocycles. The van der Waals surface area contributed by atoms with Crippen molar-refractivity contribution < 1.29 is 9.13 Å². The molecule has 0 unspecified atom stereocenters. The van der Waals surface area contributed by atoms with E-state index >= 15 is 0 Å². The summed E-state index contributed by atoms with van der Waals surface area (Å²) in [5, 5.41) is 14.3. The van der Waals surface area contributed by atoms with Crippen molar-refractivity contribution in [3.8, 4) is 5.75 Å². The number of rotatable bonds is 9. The third-order valence-electron chi connectivity index (χ3n) is 4.06. The van der Waals surface area contributed by atoms with Crippen LogP contribution in [0.25, 0.3) is 0 Å². The van der Waals surface area contributed by atoms with Crippen LogP contribution in [0.2, 0.25) is 0 Å². The molecule has 0 atom stereocenters. The quantitative estimate of drug-likeness (QED) is 0.604. The predicted molar refractivity (Wildman–Crippen MR) is 104 cm³/mol. The van der Waals surface area contributed by atoms with Gasteiger partial charge in [-0.25, -0.2) is 4.39 Å². The summed E-state index contributed by atoms with van der Waals surface area (Å²) in [6.07, 6.45) is 3.14. The van der Waals surface area contributed by atoms with Gasteiger partial charge < -0.3 is 15.4 Å². The summed E-state index contributed by atoms with van der Waals surface area (Å²) < 4.78 is 18.3. The third kappa shape index (κ3) is 5.64. The predicted octanol–water partition coefficient (Wildman–Crippen LogP) is 3.33. The van der Waals surface area contributed by atoms with Gasteiger partial charge in [0.25, 0.3) is 0 Å². The molecule has 0 aliphatic carbocycles. The lowest BCUT2D eigenvalue weighted by atomic mass is 10.1. The maximum atomic E-state index is 12.9. The molecule has 2 N–H and O–H groups in total. The maximum Gasteiger partial charge on any atom is 0.244 e. The molecule has 6 nitrogen and oxygen atoms in total. The van der Waals surface area contributed by atoms with Crippen LogP contribution in [0, 0.1) is 5.82 Å². The molecule has 0 bridgehead atoms. The fourth-order valence-electron chi connectivity index (χ4n) is 2.67. The highest BCUT2D eigenvalue weighted by atomic mass is 19.1. The number of halogens is 1. The van der Waals surface area contributed by atoms with Crippen molar-refractivity contribution in [2.45, 2.75) is 12.8 Å². The summed E-state index contributed by atoms with van der Waals surface area (Å²) in [7, 11) is 1.67. The van der Waals surface area contributed by atoms with E-state index in [2.05, 4.69) is 25.8 Å². The van der Waals surface area contributed by atoms with Crippen LogP contribution in [0.4, 0.5) is 16.2 Å². The van der Waals surface area contributed by atoms with Crippen LogP contribution in [-0.4, -0.2) is 35.4 Å². The Kier molecular flexibility index (Phi) is 6.51. The van der Waals surface area contributed by atoms with Gasteiger partial charge in [-0.3, -0.25) is 0 Å². The second kappa shape index (κ2) is 9.47. The lowest BCUT2D eigenvalue weighted by Gasteiger charge is -2.10. The van der Waals surface area contributed by atoms with E-state index < -0.39 is 0 Å². The summed E-state index contributed by atoms with van der Waals surface area (Å²) in [5.74, 6) is 1.76. The largest absolute Gasteiger partial charge is 0.496 e. The molecule has 0 aliphatic heterocycles. The third-order valence-corrected chi connectivity index (χ3v) is 4.06. The zero-order valence-corrected chi connectivity index (χ0v) is 15.2. The number of methoxy groups -OCH3 is 1. The summed E-state index contributed by atoms with van der Waals surface area (Å²) in [6.45, 7) is 1.34. The van der Waals surface area contributed by atoms with Gasteiger partial charge in [-0.15, -0.1) is 5.10 Å². The highest BCUT2D eigenvalue weighted by Gasteiger charge is 2.03. The van der Waals surface area contributed by atoms with E-state index in [0.29, 0.717) is 24.9 Å². The fourth-order valence-corrected chi connectivity index (χ4v) is 2.67. The van der Waals surface area contributed by atoms with Crippen LogP contribution in [0.1, 0.15) is 11.1 Å². The van der Waals surface area contributed by atoms with Crippen molar-refractivity contribution in [1.82, 2.24) is 15.2 Å². The van der Waals surface area contributed by atoms with Crippen molar-refractivity contribution in [1.29, 1.82) is 0 Å². The van der Waals surface area contributed by atoms with E-state index in [9.17, 15) is 4.39 Å². The number of anilines is 2.